The molecular weight excluding hydrogens is 361 g/mol. The number of hydrogen-bond acceptors (Lipinski definition) is 4. The average Bonchev–Trinajstić information content (AvgIpc) is 2.86. The highest BCUT2D eigenvalue weighted by molar-refractivity contribution is 5.99. The quantitative estimate of drug-likeness (QED) is 0.845. The van der Waals surface area contributed by atoms with E-state index in [4.69, 9.17) is 4.42 Å². The fourth-order valence-electron chi connectivity index (χ4n) is 3.27. The number of furan rings is 1. The summed E-state index contributed by atoms with van der Waals surface area (Å²) in [5.74, 6) is 0.350. The van der Waals surface area contributed by atoms with E-state index < -0.39 is 0 Å². The summed E-state index contributed by atoms with van der Waals surface area (Å²) in [4.78, 5) is 14.8. The Hall–Kier alpha value is -1.27. The molecule has 3 rings (SSSR count). The zero-order valence-corrected chi connectivity index (χ0v) is 16.5. The summed E-state index contributed by atoms with van der Waals surface area (Å²) in [6.07, 6.45) is 1.91. The maximum Gasteiger partial charge on any atom is 0.287 e. The Morgan fingerprint density at radius 1 is 1.32 bits per heavy atom. The number of carbonyl (C=O) groups excluding carboxylic acids is 1. The minimum absolute atomic E-state index is 0. The van der Waals surface area contributed by atoms with E-state index in [0.29, 0.717) is 18.3 Å². The van der Waals surface area contributed by atoms with Crippen LogP contribution in [-0.2, 0) is 6.54 Å². The number of para-hydroxylation sites is 1. The summed E-state index contributed by atoms with van der Waals surface area (Å²) in [6, 6.07) is 8.48. The van der Waals surface area contributed by atoms with Crippen molar-refractivity contribution in [3.8, 4) is 0 Å². The highest BCUT2D eigenvalue weighted by atomic mass is 35.5. The van der Waals surface area contributed by atoms with Gasteiger partial charge in [0.25, 0.3) is 5.91 Å². The molecule has 0 radical (unpaired) electrons. The van der Waals surface area contributed by atoms with E-state index in [-0.39, 0.29) is 36.8 Å². The van der Waals surface area contributed by atoms with Crippen LogP contribution < -0.4 is 10.6 Å². The zero-order valence-electron chi connectivity index (χ0n) is 14.9. The van der Waals surface area contributed by atoms with Gasteiger partial charge in [-0.3, -0.25) is 4.79 Å². The number of benzene rings is 1. The van der Waals surface area contributed by atoms with Crippen molar-refractivity contribution in [2.24, 2.45) is 0 Å². The number of nitrogens with one attached hydrogen (secondary N) is 2. The van der Waals surface area contributed by atoms with Crippen LogP contribution in [0.3, 0.4) is 0 Å². The number of rotatable bonds is 4. The van der Waals surface area contributed by atoms with Crippen molar-refractivity contribution in [2.75, 3.05) is 20.6 Å². The van der Waals surface area contributed by atoms with Gasteiger partial charge in [0.15, 0.2) is 5.76 Å². The Morgan fingerprint density at radius 2 is 2.04 bits per heavy atom. The van der Waals surface area contributed by atoms with Crippen LogP contribution in [0.25, 0.3) is 11.0 Å². The van der Waals surface area contributed by atoms with Crippen molar-refractivity contribution < 1.29 is 9.21 Å². The highest BCUT2D eigenvalue weighted by Crippen LogP contribution is 2.27. The van der Waals surface area contributed by atoms with Gasteiger partial charge in [-0.1, -0.05) is 18.2 Å². The van der Waals surface area contributed by atoms with Crippen LogP contribution in [0.15, 0.2) is 28.7 Å². The van der Waals surface area contributed by atoms with Gasteiger partial charge in [-0.05, 0) is 46.5 Å². The second-order valence-electron chi connectivity index (χ2n) is 6.69. The number of hydrogen-bond donors (Lipinski definition) is 2. The van der Waals surface area contributed by atoms with Crippen molar-refractivity contribution >= 4 is 41.7 Å². The molecule has 0 aliphatic carbocycles. The van der Waals surface area contributed by atoms with Crippen molar-refractivity contribution in [1.29, 1.82) is 0 Å². The van der Waals surface area contributed by atoms with Crippen LogP contribution in [0.1, 0.15) is 35.9 Å². The van der Waals surface area contributed by atoms with Gasteiger partial charge in [-0.15, -0.1) is 24.8 Å². The fraction of sp³-hybridized carbons (Fsp3) is 0.500. The van der Waals surface area contributed by atoms with Gasteiger partial charge in [0.2, 0.25) is 0 Å². The van der Waals surface area contributed by atoms with Crippen LogP contribution in [0.5, 0.6) is 0 Å². The molecule has 0 spiro atoms. The number of fused-ring (bicyclic) bond motifs is 1. The second-order valence-corrected chi connectivity index (χ2v) is 6.69. The van der Waals surface area contributed by atoms with E-state index in [0.717, 1.165) is 35.9 Å². The molecule has 1 aliphatic heterocycles. The highest BCUT2D eigenvalue weighted by Gasteiger charge is 2.25. The smallest absolute Gasteiger partial charge is 0.287 e. The third-order valence-electron chi connectivity index (χ3n) is 4.34. The SMILES string of the molecule is CC1CC(NC(=O)c2oc3ccccc3c2CN(C)C)CCN1.Cl.Cl. The molecule has 0 saturated carbocycles. The molecular formula is C18H27Cl2N3O2. The number of nitrogens with zero attached hydrogens (tertiary/aromatic N) is 1. The van der Waals surface area contributed by atoms with Gasteiger partial charge in [0.1, 0.15) is 5.58 Å². The maximum atomic E-state index is 12.7. The minimum atomic E-state index is -0.0999. The first-order valence-corrected chi connectivity index (χ1v) is 8.24. The van der Waals surface area contributed by atoms with Crippen LogP contribution >= 0.6 is 24.8 Å². The standard InChI is InChI=1S/C18H25N3O2.2ClH/c1-12-10-13(8-9-19-12)20-18(22)17-15(11-21(2)3)14-6-4-5-7-16(14)23-17;;/h4-7,12-13,19H,8-11H2,1-3H3,(H,20,22);2*1H. The number of halogens is 2. The van der Waals surface area contributed by atoms with Crippen LogP contribution in [-0.4, -0.2) is 43.5 Å². The Kier molecular flexibility index (Phi) is 8.22. The van der Waals surface area contributed by atoms with E-state index in [2.05, 4.69) is 22.5 Å². The summed E-state index contributed by atoms with van der Waals surface area (Å²) in [5.41, 5.74) is 1.73. The third-order valence-corrected chi connectivity index (χ3v) is 4.34. The zero-order chi connectivity index (χ0) is 16.4. The van der Waals surface area contributed by atoms with Crippen molar-refractivity contribution in [2.45, 2.75) is 38.4 Å². The molecule has 25 heavy (non-hydrogen) atoms. The molecule has 140 valence electrons. The van der Waals surface area contributed by atoms with E-state index in [9.17, 15) is 4.79 Å². The molecule has 2 heterocycles. The van der Waals surface area contributed by atoms with Gasteiger partial charge >= 0.3 is 0 Å². The summed E-state index contributed by atoms with van der Waals surface area (Å²) in [7, 11) is 4.00. The molecule has 2 N–H and O–H groups in total. The predicted molar refractivity (Wildman–Crippen MR) is 106 cm³/mol. The second kappa shape index (κ2) is 9.43. The molecule has 1 fully saturated rings. The van der Waals surface area contributed by atoms with Crippen molar-refractivity contribution in [3.63, 3.8) is 0 Å². The lowest BCUT2D eigenvalue weighted by Crippen LogP contribution is -2.46. The molecule has 1 amide bonds. The monoisotopic (exact) mass is 387 g/mol. The van der Waals surface area contributed by atoms with Crippen molar-refractivity contribution in [3.05, 3.63) is 35.6 Å². The molecule has 1 saturated heterocycles. The fourth-order valence-corrected chi connectivity index (χ4v) is 3.27. The van der Waals surface area contributed by atoms with Crippen LogP contribution in [0.2, 0.25) is 0 Å². The topological polar surface area (TPSA) is 57.5 Å². The largest absolute Gasteiger partial charge is 0.451 e. The normalized spacial score (nSPS) is 20.0. The lowest BCUT2D eigenvalue weighted by atomic mass is 10.0. The average molecular weight is 388 g/mol. The van der Waals surface area contributed by atoms with Gasteiger partial charge < -0.3 is 20.0 Å². The third kappa shape index (κ3) is 5.11. The van der Waals surface area contributed by atoms with E-state index in [1.807, 2.05) is 38.4 Å². The van der Waals surface area contributed by atoms with Gasteiger partial charge in [-0.2, -0.15) is 0 Å². The van der Waals surface area contributed by atoms with Crippen LogP contribution in [0, 0.1) is 0 Å². The van der Waals surface area contributed by atoms with Gasteiger partial charge in [0.05, 0.1) is 0 Å². The molecule has 2 atom stereocenters. The lowest BCUT2D eigenvalue weighted by molar-refractivity contribution is 0.0897. The lowest BCUT2D eigenvalue weighted by Gasteiger charge is -2.28. The number of piperidine rings is 1. The van der Waals surface area contributed by atoms with Gasteiger partial charge in [0, 0.05) is 29.6 Å². The Morgan fingerprint density at radius 3 is 2.72 bits per heavy atom. The Labute approximate surface area is 161 Å². The first-order valence-electron chi connectivity index (χ1n) is 8.24. The Balaban J connectivity index is 0.00000156. The van der Waals surface area contributed by atoms with Crippen LogP contribution in [0.4, 0.5) is 0 Å². The predicted octanol–water partition coefficient (Wildman–Crippen LogP) is 3.21. The first-order chi connectivity index (χ1) is 11.0. The van der Waals surface area contributed by atoms with Gasteiger partial charge in [-0.25, -0.2) is 0 Å². The van der Waals surface area contributed by atoms with E-state index in [1.54, 1.807) is 0 Å². The molecule has 1 aromatic heterocycles. The minimum Gasteiger partial charge on any atom is -0.451 e. The molecule has 2 unspecified atom stereocenters. The molecule has 1 aromatic carbocycles. The summed E-state index contributed by atoms with van der Waals surface area (Å²) < 4.78 is 5.88. The number of carbonyl (C=O) groups is 1. The van der Waals surface area contributed by atoms with Crippen molar-refractivity contribution in [1.82, 2.24) is 15.5 Å². The maximum absolute atomic E-state index is 12.7. The molecule has 7 heteroatoms. The van der Waals surface area contributed by atoms with E-state index in [1.165, 1.54) is 0 Å². The Bertz CT molecular complexity index is 703. The molecule has 5 nitrogen and oxygen atoms in total. The summed E-state index contributed by atoms with van der Waals surface area (Å²) in [6.45, 7) is 3.77. The summed E-state index contributed by atoms with van der Waals surface area (Å²) >= 11 is 0. The summed E-state index contributed by atoms with van der Waals surface area (Å²) in [5, 5.41) is 7.57. The molecule has 0 bridgehead atoms. The first kappa shape index (κ1) is 21.8. The molecule has 2 aromatic rings. The molecule has 1 aliphatic rings. The van der Waals surface area contributed by atoms with E-state index >= 15 is 0 Å². The number of amides is 1.